The molecule has 0 radical (unpaired) electrons. The molecule has 0 aromatic heterocycles. The van der Waals surface area contributed by atoms with Crippen LogP contribution in [0.3, 0.4) is 0 Å². The van der Waals surface area contributed by atoms with Crippen molar-refractivity contribution in [3.05, 3.63) is 0 Å². The molecule has 0 saturated heterocycles. The van der Waals surface area contributed by atoms with Crippen LogP contribution in [0.15, 0.2) is 0 Å². The molecule has 0 saturated carbocycles. The molecule has 0 amide bonds. The largest absolute Gasteiger partial charge is 0.391 e. The van der Waals surface area contributed by atoms with Crippen LogP contribution in [-0.2, 0) is 14.4 Å². The average molecular weight is 400 g/mol. The molecule has 3 atom stereocenters. The lowest BCUT2D eigenvalue weighted by atomic mass is 9.93. The van der Waals surface area contributed by atoms with Crippen LogP contribution in [0.1, 0.15) is 46.5 Å². The van der Waals surface area contributed by atoms with E-state index in [4.69, 9.17) is 0 Å². The van der Waals surface area contributed by atoms with Crippen LogP contribution in [0.2, 0.25) is 0 Å². The quantitative estimate of drug-likeness (QED) is 0.441. The minimum atomic E-state index is -0.897. The Labute approximate surface area is 171 Å². The molecule has 0 aliphatic rings. The molecule has 0 aromatic carbocycles. The number of carbonyl (C=O) groups excluding carboxylic acids is 3. The molecule has 1 N–H and O–H groups in total. The van der Waals surface area contributed by atoms with Gasteiger partial charge in [0.2, 0.25) is 0 Å². The maximum atomic E-state index is 12.6. The molecule has 0 fully saturated rings. The van der Waals surface area contributed by atoms with E-state index in [0.717, 1.165) is 6.42 Å². The monoisotopic (exact) mass is 399 g/mol. The van der Waals surface area contributed by atoms with Gasteiger partial charge in [-0.3, -0.25) is 29.1 Å². The molecule has 0 spiro atoms. The smallest absolute Gasteiger partial charge is 0.153 e. The second kappa shape index (κ2) is 13.1. The number of hydrogen-bond acceptors (Lipinski definition) is 7. The number of aliphatic hydroxyl groups excluding tert-OH is 1. The van der Waals surface area contributed by atoms with Crippen molar-refractivity contribution in [1.29, 1.82) is 0 Å². The Kier molecular flexibility index (Phi) is 12.6. The number of aliphatic hydroxyl groups is 1. The van der Waals surface area contributed by atoms with Crippen LogP contribution >= 0.6 is 0 Å². The number of nitrogens with zero attached hydrogens (tertiary/aromatic N) is 3. The van der Waals surface area contributed by atoms with E-state index in [-0.39, 0.29) is 42.7 Å². The predicted octanol–water partition coefficient (Wildman–Crippen LogP) is 1.08. The third-order valence-electron chi connectivity index (χ3n) is 4.86. The Morgan fingerprint density at radius 1 is 0.893 bits per heavy atom. The van der Waals surface area contributed by atoms with Crippen LogP contribution in [0.5, 0.6) is 0 Å². The van der Waals surface area contributed by atoms with Crippen LogP contribution in [0, 0.1) is 5.92 Å². The van der Waals surface area contributed by atoms with Gasteiger partial charge >= 0.3 is 0 Å². The van der Waals surface area contributed by atoms with E-state index in [1.54, 1.807) is 30.9 Å². The fourth-order valence-corrected chi connectivity index (χ4v) is 3.45. The lowest BCUT2D eigenvalue weighted by Gasteiger charge is -2.29. The van der Waals surface area contributed by atoms with Crippen LogP contribution < -0.4 is 0 Å². The zero-order chi connectivity index (χ0) is 22.0. The summed E-state index contributed by atoms with van der Waals surface area (Å²) in [6, 6.07) is -0.817. The number of rotatable bonds is 15. The maximum absolute atomic E-state index is 12.6. The third kappa shape index (κ3) is 10.4. The standard InChI is InChI=1S/C21H41N3O4/c1-15(2)13-17(22(4)5)18(26)9-10-19(27)21(23(6)7)20(28)11-12-24(8)14-16(3)25/h15,17,19,21,27H,9-14H2,1-8H3/t17-,19+,21-/m0/s1. The SMILES string of the molecule is CC(=O)CN(C)CCC(=O)[C@H]([C@H](O)CCC(=O)[C@H](CC(C)C)N(C)C)N(C)C. The van der Waals surface area contributed by atoms with Gasteiger partial charge < -0.3 is 5.11 Å². The van der Waals surface area contributed by atoms with Gasteiger partial charge in [0, 0.05) is 19.4 Å². The molecule has 0 aliphatic heterocycles. The summed E-state index contributed by atoms with van der Waals surface area (Å²) < 4.78 is 0. The molecule has 0 aromatic rings. The Bertz CT molecular complexity index is 506. The first-order chi connectivity index (χ1) is 12.9. The lowest BCUT2D eigenvalue weighted by Crippen LogP contribution is -2.46. The van der Waals surface area contributed by atoms with E-state index in [0.29, 0.717) is 19.0 Å². The first-order valence-electron chi connectivity index (χ1n) is 10.1. The summed E-state index contributed by atoms with van der Waals surface area (Å²) in [6.07, 6.45) is 0.648. The van der Waals surface area contributed by atoms with Crippen molar-refractivity contribution in [3.63, 3.8) is 0 Å². The number of Topliss-reactive ketones (excluding diaryl/α,β-unsaturated/α-hetero) is 3. The van der Waals surface area contributed by atoms with Gasteiger partial charge in [0.15, 0.2) is 5.78 Å². The maximum Gasteiger partial charge on any atom is 0.153 e. The highest BCUT2D eigenvalue weighted by molar-refractivity contribution is 5.86. The zero-order valence-electron chi connectivity index (χ0n) is 19.1. The molecule has 0 unspecified atom stereocenters. The summed E-state index contributed by atoms with van der Waals surface area (Å²) >= 11 is 0. The first kappa shape index (κ1) is 26.9. The normalized spacial score (nSPS) is 15.3. The zero-order valence-corrected chi connectivity index (χ0v) is 19.1. The summed E-state index contributed by atoms with van der Waals surface area (Å²) in [6.45, 7) is 6.46. The highest BCUT2D eigenvalue weighted by atomic mass is 16.3. The lowest BCUT2D eigenvalue weighted by molar-refractivity contribution is -0.130. The summed E-state index contributed by atoms with van der Waals surface area (Å²) in [4.78, 5) is 41.8. The highest BCUT2D eigenvalue weighted by Gasteiger charge is 2.30. The minimum absolute atomic E-state index is 0.0505. The first-order valence-corrected chi connectivity index (χ1v) is 10.1. The van der Waals surface area contributed by atoms with Crippen molar-refractivity contribution in [2.45, 2.75) is 64.6 Å². The van der Waals surface area contributed by atoms with E-state index in [2.05, 4.69) is 13.8 Å². The van der Waals surface area contributed by atoms with E-state index in [1.165, 1.54) is 6.92 Å². The van der Waals surface area contributed by atoms with Crippen LogP contribution in [-0.4, -0.2) is 104 Å². The Morgan fingerprint density at radius 2 is 1.46 bits per heavy atom. The fourth-order valence-electron chi connectivity index (χ4n) is 3.45. The number of hydrogen-bond donors (Lipinski definition) is 1. The molecule has 0 rings (SSSR count). The van der Waals surface area contributed by atoms with Crippen molar-refractivity contribution < 1.29 is 19.5 Å². The predicted molar refractivity (Wildman–Crippen MR) is 112 cm³/mol. The average Bonchev–Trinajstić information content (AvgIpc) is 2.54. The van der Waals surface area contributed by atoms with Gasteiger partial charge in [0.05, 0.1) is 24.7 Å². The van der Waals surface area contributed by atoms with Gasteiger partial charge in [0.25, 0.3) is 0 Å². The second-order valence-corrected chi connectivity index (χ2v) is 8.75. The number of ketones is 3. The molecular formula is C21H41N3O4. The molecule has 0 heterocycles. The van der Waals surface area contributed by atoms with Crippen molar-refractivity contribution >= 4 is 17.3 Å². The van der Waals surface area contributed by atoms with Crippen LogP contribution in [0.4, 0.5) is 0 Å². The summed E-state index contributed by atoms with van der Waals surface area (Å²) in [5, 5.41) is 10.6. The molecule has 7 heteroatoms. The highest BCUT2D eigenvalue weighted by Crippen LogP contribution is 2.16. The van der Waals surface area contributed by atoms with Crippen molar-refractivity contribution in [2.75, 3.05) is 48.3 Å². The summed E-state index contributed by atoms with van der Waals surface area (Å²) in [5.41, 5.74) is 0. The molecule has 164 valence electrons. The van der Waals surface area contributed by atoms with Crippen molar-refractivity contribution in [1.82, 2.24) is 14.7 Å². The number of likely N-dealkylation sites (N-methyl/N-ethyl adjacent to an activating group) is 3. The Morgan fingerprint density at radius 3 is 1.89 bits per heavy atom. The van der Waals surface area contributed by atoms with Crippen LogP contribution in [0.25, 0.3) is 0 Å². The molecule has 28 heavy (non-hydrogen) atoms. The third-order valence-corrected chi connectivity index (χ3v) is 4.86. The van der Waals surface area contributed by atoms with Gasteiger partial charge in [-0.2, -0.15) is 0 Å². The van der Waals surface area contributed by atoms with Crippen molar-refractivity contribution in [2.24, 2.45) is 5.92 Å². The van der Waals surface area contributed by atoms with E-state index in [9.17, 15) is 19.5 Å². The fraction of sp³-hybridized carbons (Fsp3) is 0.857. The van der Waals surface area contributed by atoms with Gasteiger partial charge in [-0.1, -0.05) is 13.8 Å². The summed E-state index contributed by atoms with van der Waals surface area (Å²) in [5.74, 6) is 0.481. The molecule has 0 bridgehead atoms. The van der Waals surface area contributed by atoms with Gasteiger partial charge in [-0.05, 0) is 60.9 Å². The molecule has 7 nitrogen and oxygen atoms in total. The van der Waals surface area contributed by atoms with E-state index < -0.39 is 12.1 Å². The van der Waals surface area contributed by atoms with Crippen molar-refractivity contribution in [3.8, 4) is 0 Å². The van der Waals surface area contributed by atoms with E-state index in [1.807, 2.05) is 19.0 Å². The minimum Gasteiger partial charge on any atom is -0.391 e. The van der Waals surface area contributed by atoms with Gasteiger partial charge in [0.1, 0.15) is 11.6 Å². The molecular weight excluding hydrogens is 358 g/mol. The topological polar surface area (TPSA) is 81.2 Å². The summed E-state index contributed by atoms with van der Waals surface area (Å²) in [7, 11) is 9.10. The van der Waals surface area contributed by atoms with Gasteiger partial charge in [-0.15, -0.1) is 0 Å². The Hall–Kier alpha value is -1.15. The second-order valence-electron chi connectivity index (χ2n) is 8.75. The van der Waals surface area contributed by atoms with Gasteiger partial charge in [-0.25, -0.2) is 0 Å². The van der Waals surface area contributed by atoms with E-state index >= 15 is 0 Å². The number of carbonyl (C=O) groups is 3. The molecule has 0 aliphatic carbocycles. The Balaban J connectivity index is 4.80.